The van der Waals surface area contributed by atoms with Crippen LogP contribution in [0.3, 0.4) is 0 Å². The molecule has 0 aromatic heterocycles. The highest BCUT2D eigenvalue weighted by molar-refractivity contribution is 4.90. The standard InChI is InChI=1S/C13H25N3/c1-11(9-14-12-4-5-12)16-8-7-15-6-2-3-13(15)10-16/h11-14H,2-10H2,1H3. The van der Waals surface area contributed by atoms with Crippen LogP contribution in [0.5, 0.6) is 0 Å². The number of piperazine rings is 1. The average Bonchev–Trinajstić information content (AvgIpc) is 3.01. The molecule has 92 valence electrons. The molecule has 1 saturated carbocycles. The number of hydrogen-bond acceptors (Lipinski definition) is 3. The maximum atomic E-state index is 3.66. The predicted molar refractivity (Wildman–Crippen MR) is 66.7 cm³/mol. The minimum atomic E-state index is 0.725. The van der Waals surface area contributed by atoms with E-state index in [0.717, 1.165) is 18.1 Å². The third-order valence-corrected chi connectivity index (χ3v) is 4.52. The Morgan fingerprint density at radius 1 is 1.19 bits per heavy atom. The summed E-state index contributed by atoms with van der Waals surface area (Å²) in [6.07, 6.45) is 5.67. The molecule has 3 rings (SSSR count). The highest BCUT2D eigenvalue weighted by Gasteiger charge is 2.32. The van der Waals surface area contributed by atoms with E-state index in [0.29, 0.717) is 0 Å². The first-order valence-corrected chi connectivity index (χ1v) is 7.04. The molecule has 0 aromatic rings. The Hall–Kier alpha value is -0.120. The summed E-state index contributed by atoms with van der Waals surface area (Å²) in [5.41, 5.74) is 0. The number of hydrogen-bond donors (Lipinski definition) is 1. The van der Waals surface area contributed by atoms with Crippen LogP contribution in [0.1, 0.15) is 32.6 Å². The molecule has 1 N–H and O–H groups in total. The summed E-state index contributed by atoms with van der Waals surface area (Å²) in [5, 5.41) is 3.66. The van der Waals surface area contributed by atoms with E-state index in [9.17, 15) is 0 Å². The van der Waals surface area contributed by atoms with Crippen LogP contribution < -0.4 is 5.32 Å². The molecule has 0 bridgehead atoms. The summed E-state index contributed by atoms with van der Waals surface area (Å²) in [7, 11) is 0. The Labute approximate surface area is 99.2 Å². The van der Waals surface area contributed by atoms with Crippen LogP contribution >= 0.6 is 0 Å². The smallest absolute Gasteiger partial charge is 0.0224 e. The molecule has 2 aliphatic heterocycles. The fraction of sp³-hybridized carbons (Fsp3) is 1.00. The fourth-order valence-corrected chi connectivity index (χ4v) is 3.17. The van der Waals surface area contributed by atoms with Gasteiger partial charge in [0.1, 0.15) is 0 Å². The monoisotopic (exact) mass is 223 g/mol. The van der Waals surface area contributed by atoms with E-state index in [1.807, 2.05) is 0 Å². The Morgan fingerprint density at radius 3 is 2.88 bits per heavy atom. The predicted octanol–water partition coefficient (Wildman–Crippen LogP) is 0.907. The lowest BCUT2D eigenvalue weighted by Gasteiger charge is -2.40. The largest absolute Gasteiger partial charge is 0.312 e. The van der Waals surface area contributed by atoms with Gasteiger partial charge in [-0.05, 0) is 39.2 Å². The molecule has 1 aliphatic carbocycles. The summed E-state index contributed by atoms with van der Waals surface area (Å²) in [4.78, 5) is 5.39. The van der Waals surface area contributed by atoms with Crippen molar-refractivity contribution in [2.24, 2.45) is 0 Å². The minimum absolute atomic E-state index is 0.725. The second kappa shape index (κ2) is 4.63. The van der Waals surface area contributed by atoms with E-state index in [2.05, 4.69) is 22.0 Å². The molecular weight excluding hydrogens is 198 g/mol. The maximum absolute atomic E-state index is 3.66. The molecule has 2 atom stereocenters. The number of nitrogens with one attached hydrogen (secondary N) is 1. The van der Waals surface area contributed by atoms with Gasteiger partial charge in [-0.3, -0.25) is 9.80 Å². The third-order valence-electron chi connectivity index (χ3n) is 4.52. The van der Waals surface area contributed by atoms with Gasteiger partial charge in [0.25, 0.3) is 0 Å². The van der Waals surface area contributed by atoms with Crippen LogP contribution in [0.25, 0.3) is 0 Å². The summed E-state index contributed by atoms with van der Waals surface area (Å²) in [6.45, 7) is 8.83. The third kappa shape index (κ3) is 2.41. The average molecular weight is 223 g/mol. The van der Waals surface area contributed by atoms with Crippen LogP contribution in [0.4, 0.5) is 0 Å². The van der Waals surface area contributed by atoms with Crippen molar-refractivity contribution in [2.45, 2.75) is 50.7 Å². The Balaban J connectivity index is 1.46. The number of rotatable bonds is 4. The van der Waals surface area contributed by atoms with Crippen molar-refractivity contribution in [1.82, 2.24) is 15.1 Å². The van der Waals surface area contributed by atoms with Gasteiger partial charge in [0, 0.05) is 44.3 Å². The van der Waals surface area contributed by atoms with Crippen LogP contribution in [-0.4, -0.2) is 60.6 Å². The van der Waals surface area contributed by atoms with E-state index < -0.39 is 0 Å². The van der Waals surface area contributed by atoms with Crippen LogP contribution in [-0.2, 0) is 0 Å². The molecule has 16 heavy (non-hydrogen) atoms. The first-order chi connectivity index (χ1) is 7.83. The van der Waals surface area contributed by atoms with Crippen molar-refractivity contribution in [3.63, 3.8) is 0 Å². The van der Waals surface area contributed by atoms with Crippen LogP contribution in [0.15, 0.2) is 0 Å². The van der Waals surface area contributed by atoms with Crippen molar-refractivity contribution >= 4 is 0 Å². The first kappa shape index (κ1) is 11.0. The van der Waals surface area contributed by atoms with Gasteiger partial charge in [-0.15, -0.1) is 0 Å². The minimum Gasteiger partial charge on any atom is -0.312 e. The zero-order valence-electron chi connectivity index (χ0n) is 10.5. The molecule has 3 nitrogen and oxygen atoms in total. The lowest BCUT2D eigenvalue weighted by molar-refractivity contribution is 0.0768. The summed E-state index contributed by atoms with van der Waals surface area (Å²) >= 11 is 0. The van der Waals surface area contributed by atoms with E-state index in [1.165, 1.54) is 58.4 Å². The van der Waals surface area contributed by atoms with Gasteiger partial charge in [0.15, 0.2) is 0 Å². The Kier molecular flexibility index (Phi) is 3.18. The molecule has 0 amide bonds. The van der Waals surface area contributed by atoms with E-state index >= 15 is 0 Å². The second-order valence-corrected chi connectivity index (χ2v) is 5.86. The molecule has 0 radical (unpaired) electrons. The van der Waals surface area contributed by atoms with Gasteiger partial charge < -0.3 is 5.32 Å². The van der Waals surface area contributed by atoms with Crippen molar-refractivity contribution in [3.8, 4) is 0 Å². The number of fused-ring (bicyclic) bond motifs is 1. The normalized spacial score (nSPS) is 33.9. The van der Waals surface area contributed by atoms with Crippen LogP contribution in [0, 0.1) is 0 Å². The van der Waals surface area contributed by atoms with E-state index in [1.54, 1.807) is 0 Å². The van der Waals surface area contributed by atoms with E-state index in [4.69, 9.17) is 0 Å². The van der Waals surface area contributed by atoms with Crippen molar-refractivity contribution < 1.29 is 0 Å². The summed E-state index contributed by atoms with van der Waals surface area (Å²) in [5.74, 6) is 0. The van der Waals surface area contributed by atoms with Crippen molar-refractivity contribution in [2.75, 3.05) is 32.7 Å². The zero-order valence-corrected chi connectivity index (χ0v) is 10.5. The molecule has 3 fully saturated rings. The number of nitrogens with zero attached hydrogens (tertiary/aromatic N) is 2. The van der Waals surface area contributed by atoms with Gasteiger partial charge in [-0.1, -0.05) is 0 Å². The first-order valence-electron chi connectivity index (χ1n) is 7.04. The zero-order chi connectivity index (χ0) is 11.0. The molecule has 0 spiro atoms. The summed E-state index contributed by atoms with van der Waals surface area (Å²) < 4.78 is 0. The van der Waals surface area contributed by atoms with Crippen molar-refractivity contribution in [1.29, 1.82) is 0 Å². The summed E-state index contributed by atoms with van der Waals surface area (Å²) in [6, 6.07) is 2.45. The van der Waals surface area contributed by atoms with Gasteiger partial charge >= 0.3 is 0 Å². The highest BCUT2D eigenvalue weighted by Crippen LogP contribution is 2.23. The second-order valence-electron chi connectivity index (χ2n) is 5.86. The molecule has 2 unspecified atom stereocenters. The molecule has 3 heteroatoms. The van der Waals surface area contributed by atoms with Gasteiger partial charge in [0.05, 0.1) is 0 Å². The highest BCUT2D eigenvalue weighted by atomic mass is 15.3. The maximum Gasteiger partial charge on any atom is 0.0224 e. The van der Waals surface area contributed by atoms with E-state index in [-0.39, 0.29) is 0 Å². The topological polar surface area (TPSA) is 18.5 Å². The fourth-order valence-electron chi connectivity index (χ4n) is 3.17. The van der Waals surface area contributed by atoms with Gasteiger partial charge in [-0.25, -0.2) is 0 Å². The quantitative estimate of drug-likeness (QED) is 0.764. The van der Waals surface area contributed by atoms with Gasteiger partial charge in [-0.2, -0.15) is 0 Å². The lowest BCUT2D eigenvalue weighted by Crippen LogP contribution is -2.54. The molecule has 0 aromatic carbocycles. The van der Waals surface area contributed by atoms with Crippen LogP contribution in [0.2, 0.25) is 0 Å². The molecule has 2 heterocycles. The van der Waals surface area contributed by atoms with Crippen molar-refractivity contribution in [3.05, 3.63) is 0 Å². The lowest BCUT2D eigenvalue weighted by atomic mass is 10.1. The Morgan fingerprint density at radius 2 is 2.06 bits per heavy atom. The van der Waals surface area contributed by atoms with Gasteiger partial charge in [0.2, 0.25) is 0 Å². The molecule has 2 saturated heterocycles. The molecule has 3 aliphatic rings. The SMILES string of the molecule is CC(CNC1CC1)N1CCN2CCCC2C1. The molecular formula is C13H25N3. The Bertz CT molecular complexity index is 239.